The van der Waals surface area contributed by atoms with Crippen molar-refractivity contribution in [2.24, 2.45) is 5.92 Å². The standard InChI is InChI=1S/C25H29N3O3/c1-18-12-14-25(15-13-18)23(30)28(24(31)27-25)17-22(29)26-16-21(19-8-4-2-5-9-19)20-10-6-3-7-11-20/h2-11,18,21H,12-17H2,1H3,(H,26,29)(H,27,31). The van der Waals surface area contributed by atoms with Crippen LogP contribution in [0.1, 0.15) is 49.7 Å². The molecular weight excluding hydrogens is 390 g/mol. The summed E-state index contributed by atoms with van der Waals surface area (Å²) in [5.41, 5.74) is 1.37. The van der Waals surface area contributed by atoms with Gasteiger partial charge < -0.3 is 10.6 Å². The van der Waals surface area contributed by atoms with Crippen molar-refractivity contribution in [1.29, 1.82) is 0 Å². The molecule has 1 aliphatic heterocycles. The van der Waals surface area contributed by atoms with Crippen LogP contribution in [0.3, 0.4) is 0 Å². The van der Waals surface area contributed by atoms with Crippen molar-refractivity contribution >= 4 is 17.8 Å². The summed E-state index contributed by atoms with van der Waals surface area (Å²) in [5.74, 6) is -0.0509. The van der Waals surface area contributed by atoms with Gasteiger partial charge in [0.05, 0.1) is 0 Å². The Morgan fingerprint density at radius 2 is 1.58 bits per heavy atom. The van der Waals surface area contributed by atoms with Crippen LogP contribution in [-0.2, 0) is 9.59 Å². The fourth-order valence-electron chi connectivity index (χ4n) is 4.63. The van der Waals surface area contributed by atoms with E-state index in [4.69, 9.17) is 0 Å². The first kappa shape index (κ1) is 21.1. The Kier molecular flexibility index (Phi) is 6.07. The third-order valence-corrected chi connectivity index (χ3v) is 6.58. The van der Waals surface area contributed by atoms with Crippen molar-refractivity contribution in [2.45, 2.75) is 44.1 Å². The molecule has 0 radical (unpaired) electrons. The lowest BCUT2D eigenvalue weighted by molar-refractivity contribution is -0.136. The van der Waals surface area contributed by atoms with Gasteiger partial charge in [0.25, 0.3) is 5.91 Å². The molecular formula is C25H29N3O3. The second-order valence-electron chi connectivity index (χ2n) is 8.76. The zero-order valence-corrected chi connectivity index (χ0v) is 17.8. The van der Waals surface area contributed by atoms with Crippen LogP contribution >= 0.6 is 0 Å². The van der Waals surface area contributed by atoms with Crippen LogP contribution in [0.25, 0.3) is 0 Å². The Bertz CT molecular complexity index is 897. The molecule has 162 valence electrons. The van der Waals surface area contributed by atoms with Gasteiger partial charge in [0, 0.05) is 12.5 Å². The van der Waals surface area contributed by atoms with Gasteiger partial charge in [0.15, 0.2) is 0 Å². The number of amides is 4. The van der Waals surface area contributed by atoms with E-state index in [1.165, 1.54) is 0 Å². The predicted octanol–water partition coefficient (Wildman–Crippen LogP) is 3.44. The summed E-state index contributed by atoms with van der Waals surface area (Å²) >= 11 is 0. The first-order chi connectivity index (χ1) is 15.0. The Morgan fingerprint density at radius 3 is 2.13 bits per heavy atom. The van der Waals surface area contributed by atoms with E-state index in [1.54, 1.807) is 0 Å². The molecule has 31 heavy (non-hydrogen) atoms. The fourth-order valence-corrected chi connectivity index (χ4v) is 4.63. The zero-order chi connectivity index (χ0) is 21.8. The first-order valence-electron chi connectivity index (χ1n) is 11.0. The number of hydrogen-bond acceptors (Lipinski definition) is 3. The normalized spacial score (nSPS) is 23.3. The number of carbonyl (C=O) groups excluding carboxylic acids is 3. The summed E-state index contributed by atoms with van der Waals surface area (Å²) in [6, 6.07) is 19.5. The molecule has 0 aromatic heterocycles. The largest absolute Gasteiger partial charge is 0.354 e. The first-order valence-corrected chi connectivity index (χ1v) is 11.0. The molecule has 2 N–H and O–H groups in total. The van der Waals surface area contributed by atoms with Gasteiger partial charge in [0.2, 0.25) is 5.91 Å². The minimum Gasteiger partial charge on any atom is -0.354 e. The summed E-state index contributed by atoms with van der Waals surface area (Å²) in [6.07, 6.45) is 3.09. The number of benzene rings is 2. The second kappa shape index (κ2) is 8.92. The second-order valence-corrected chi connectivity index (χ2v) is 8.76. The molecule has 2 fully saturated rings. The SMILES string of the molecule is CC1CCC2(CC1)NC(=O)N(CC(=O)NCC(c1ccccc1)c1ccccc1)C2=O. The third-order valence-electron chi connectivity index (χ3n) is 6.58. The Hall–Kier alpha value is -3.15. The molecule has 6 heteroatoms. The summed E-state index contributed by atoms with van der Waals surface area (Å²) in [4.78, 5) is 39.2. The maximum Gasteiger partial charge on any atom is 0.325 e. The smallest absolute Gasteiger partial charge is 0.325 e. The molecule has 1 aliphatic carbocycles. The number of nitrogens with one attached hydrogen (secondary N) is 2. The molecule has 1 spiro atoms. The number of rotatable bonds is 6. The molecule has 6 nitrogen and oxygen atoms in total. The van der Waals surface area contributed by atoms with Gasteiger partial charge in [0.1, 0.15) is 12.1 Å². The predicted molar refractivity (Wildman–Crippen MR) is 118 cm³/mol. The van der Waals surface area contributed by atoms with Crippen LogP contribution < -0.4 is 10.6 Å². The van der Waals surface area contributed by atoms with E-state index in [1.807, 2.05) is 60.7 Å². The number of carbonyl (C=O) groups is 3. The van der Waals surface area contributed by atoms with Crippen molar-refractivity contribution in [2.75, 3.05) is 13.1 Å². The lowest BCUT2D eigenvalue weighted by Crippen LogP contribution is -2.50. The number of nitrogens with zero attached hydrogens (tertiary/aromatic N) is 1. The fraction of sp³-hybridized carbons (Fsp3) is 0.400. The minimum absolute atomic E-state index is 0.0133. The van der Waals surface area contributed by atoms with Crippen LogP contribution in [0.2, 0.25) is 0 Å². The van der Waals surface area contributed by atoms with Crippen molar-refractivity contribution in [3.63, 3.8) is 0 Å². The summed E-state index contributed by atoms with van der Waals surface area (Å²) in [6.45, 7) is 2.30. The van der Waals surface area contributed by atoms with Crippen LogP contribution in [0.5, 0.6) is 0 Å². The maximum absolute atomic E-state index is 13.0. The van der Waals surface area contributed by atoms with Gasteiger partial charge in [-0.15, -0.1) is 0 Å². The monoisotopic (exact) mass is 419 g/mol. The van der Waals surface area contributed by atoms with Crippen LogP contribution in [0, 0.1) is 5.92 Å². The quantitative estimate of drug-likeness (QED) is 0.704. The Labute approximate surface area is 183 Å². The molecule has 1 saturated carbocycles. The zero-order valence-electron chi connectivity index (χ0n) is 17.8. The van der Waals surface area contributed by atoms with E-state index < -0.39 is 11.6 Å². The molecule has 4 rings (SSSR count). The van der Waals surface area contributed by atoms with E-state index in [2.05, 4.69) is 17.6 Å². The van der Waals surface area contributed by atoms with Crippen molar-refractivity contribution < 1.29 is 14.4 Å². The lowest BCUT2D eigenvalue weighted by Gasteiger charge is -2.33. The third kappa shape index (κ3) is 4.48. The highest BCUT2D eigenvalue weighted by atomic mass is 16.2. The van der Waals surface area contributed by atoms with E-state index >= 15 is 0 Å². The molecule has 0 bridgehead atoms. The molecule has 1 heterocycles. The van der Waals surface area contributed by atoms with Gasteiger partial charge in [-0.2, -0.15) is 0 Å². The summed E-state index contributed by atoms with van der Waals surface area (Å²) < 4.78 is 0. The van der Waals surface area contributed by atoms with Gasteiger partial charge in [-0.3, -0.25) is 14.5 Å². The Balaban J connectivity index is 1.41. The van der Waals surface area contributed by atoms with Crippen LogP contribution in [0.4, 0.5) is 4.79 Å². The highest BCUT2D eigenvalue weighted by Gasteiger charge is 2.52. The topological polar surface area (TPSA) is 78.5 Å². The average Bonchev–Trinajstić information content (AvgIpc) is 3.01. The molecule has 0 atom stereocenters. The molecule has 2 aliphatic rings. The van der Waals surface area contributed by atoms with Crippen molar-refractivity contribution in [3.8, 4) is 0 Å². The molecule has 0 unspecified atom stereocenters. The molecule has 4 amide bonds. The van der Waals surface area contributed by atoms with E-state index in [0.717, 1.165) is 28.9 Å². The molecule has 2 aromatic rings. The van der Waals surface area contributed by atoms with E-state index in [0.29, 0.717) is 25.3 Å². The molecule has 2 aromatic carbocycles. The number of imide groups is 1. The highest BCUT2D eigenvalue weighted by Crippen LogP contribution is 2.36. The Morgan fingerprint density at radius 1 is 1.03 bits per heavy atom. The summed E-state index contributed by atoms with van der Waals surface area (Å²) in [7, 11) is 0. The van der Waals surface area contributed by atoms with Gasteiger partial charge in [-0.25, -0.2) is 4.79 Å². The van der Waals surface area contributed by atoms with Crippen molar-refractivity contribution in [3.05, 3.63) is 71.8 Å². The van der Waals surface area contributed by atoms with E-state index in [-0.39, 0.29) is 24.3 Å². The average molecular weight is 420 g/mol. The van der Waals surface area contributed by atoms with Gasteiger partial charge in [-0.05, 0) is 42.7 Å². The van der Waals surface area contributed by atoms with Gasteiger partial charge in [-0.1, -0.05) is 67.6 Å². The number of hydrogen-bond donors (Lipinski definition) is 2. The van der Waals surface area contributed by atoms with Crippen molar-refractivity contribution in [1.82, 2.24) is 15.5 Å². The lowest BCUT2D eigenvalue weighted by atomic mass is 9.77. The van der Waals surface area contributed by atoms with E-state index in [9.17, 15) is 14.4 Å². The minimum atomic E-state index is -0.819. The maximum atomic E-state index is 13.0. The van der Waals surface area contributed by atoms with Crippen LogP contribution in [0.15, 0.2) is 60.7 Å². The highest BCUT2D eigenvalue weighted by molar-refractivity contribution is 6.09. The molecule has 1 saturated heterocycles. The van der Waals surface area contributed by atoms with Gasteiger partial charge >= 0.3 is 6.03 Å². The van der Waals surface area contributed by atoms with Crippen LogP contribution in [-0.4, -0.2) is 41.4 Å². The number of urea groups is 1. The summed E-state index contributed by atoms with van der Waals surface area (Å²) in [5, 5.41) is 5.80.